The van der Waals surface area contributed by atoms with Gasteiger partial charge in [0, 0.05) is 34.1 Å². The first-order chi connectivity index (χ1) is 25.5. The number of aromatic nitrogens is 3. The third-order valence-corrected chi connectivity index (χ3v) is 11.5. The van der Waals surface area contributed by atoms with Gasteiger partial charge in [0.1, 0.15) is 5.52 Å². The number of fused-ring (bicyclic) bond motifs is 9. The van der Waals surface area contributed by atoms with Gasteiger partial charge in [0.25, 0.3) is 0 Å². The summed E-state index contributed by atoms with van der Waals surface area (Å²) in [6, 6.07) is 55.7. The van der Waals surface area contributed by atoms with Crippen molar-refractivity contribution in [2.45, 2.75) is 19.3 Å². The highest BCUT2D eigenvalue weighted by Crippen LogP contribution is 2.50. The molecule has 3 nitrogen and oxygen atoms in total. The molecule has 244 valence electrons. The first kappa shape index (κ1) is 29.2. The highest BCUT2D eigenvalue weighted by molar-refractivity contribution is 6.19. The second kappa shape index (κ2) is 10.7. The molecule has 0 atom stereocenters. The molecule has 0 N–H and O–H groups in total. The predicted molar refractivity (Wildman–Crippen MR) is 217 cm³/mol. The molecule has 3 heteroatoms. The van der Waals surface area contributed by atoms with Gasteiger partial charge in [-0.1, -0.05) is 123 Å². The zero-order chi connectivity index (χ0) is 34.6. The summed E-state index contributed by atoms with van der Waals surface area (Å²) >= 11 is 0. The van der Waals surface area contributed by atoms with Crippen LogP contribution < -0.4 is 0 Å². The Kier molecular flexibility index (Phi) is 6.01. The zero-order valence-corrected chi connectivity index (χ0v) is 28.9. The van der Waals surface area contributed by atoms with Crippen molar-refractivity contribution in [3.05, 3.63) is 175 Å². The summed E-state index contributed by atoms with van der Waals surface area (Å²) in [5.41, 5.74) is 15.1. The summed E-state index contributed by atoms with van der Waals surface area (Å²) in [6.07, 6.45) is 3.64. The molecule has 0 saturated heterocycles. The predicted octanol–water partition coefficient (Wildman–Crippen LogP) is 12.7. The topological polar surface area (TPSA) is 30.7 Å². The summed E-state index contributed by atoms with van der Waals surface area (Å²) in [4.78, 5) is 10.1. The van der Waals surface area contributed by atoms with Crippen LogP contribution in [0.2, 0.25) is 0 Å². The Bertz CT molecular complexity index is 3110. The summed E-state index contributed by atoms with van der Waals surface area (Å²) in [5, 5.41) is 7.37. The quantitative estimate of drug-likeness (QED) is 0.188. The van der Waals surface area contributed by atoms with Gasteiger partial charge in [0.15, 0.2) is 0 Å². The number of nitrogens with zero attached hydrogens (tertiary/aromatic N) is 3. The first-order valence-corrected chi connectivity index (χ1v) is 18.0. The third kappa shape index (κ3) is 4.08. The molecule has 2 aromatic heterocycles. The summed E-state index contributed by atoms with van der Waals surface area (Å²) in [7, 11) is 0. The molecular weight excluding hydrogens is 631 g/mol. The smallest absolute Gasteiger partial charge is 0.113 e. The fraction of sp³-hybridized carbons (Fsp3) is 0.0612. The Morgan fingerprint density at radius 2 is 1.10 bits per heavy atom. The summed E-state index contributed by atoms with van der Waals surface area (Å²) in [5.74, 6) is 0. The summed E-state index contributed by atoms with van der Waals surface area (Å²) in [6.45, 7) is 4.65. The molecule has 0 aliphatic heterocycles. The Balaban J connectivity index is 1.18. The highest BCUT2D eigenvalue weighted by Gasteiger charge is 2.35. The van der Waals surface area contributed by atoms with E-state index in [4.69, 9.17) is 9.97 Å². The second-order valence-corrected chi connectivity index (χ2v) is 14.6. The van der Waals surface area contributed by atoms with E-state index in [1.807, 2.05) is 12.4 Å². The number of rotatable bonds is 3. The minimum atomic E-state index is -0.0391. The highest BCUT2D eigenvalue weighted by atomic mass is 15.0. The molecule has 0 unspecified atom stereocenters. The molecule has 1 aliphatic rings. The first-order valence-electron chi connectivity index (χ1n) is 18.0. The molecule has 10 aromatic rings. The van der Waals surface area contributed by atoms with Crippen molar-refractivity contribution in [1.29, 1.82) is 0 Å². The lowest BCUT2D eigenvalue weighted by atomic mass is 9.82. The molecule has 8 aromatic carbocycles. The van der Waals surface area contributed by atoms with Gasteiger partial charge in [-0.15, -0.1) is 0 Å². The van der Waals surface area contributed by atoms with E-state index in [0.29, 0.717) is 0 Å². The summed E-state index contributed by atoms with van der Waals surface area (Å²) < 4.78 is 2.41. The van der Waals surface area contributed by atoms with Gasteiger partial charge in [-0.2, -0.15) is 0 Å². The van der Waals surface area contributed by atoms with Crippen molar-refractivity contribution in [1.82, 2.24) is 14.5 Å². The van der Waals surface area contributed by atoms with E-state index in [0.717, 1.165) is 38.9 Å². The monoisotopic (exact) mass is 663 g/mol. The molecular formula is C49H33N3. The molecule has 2 heterocycles. The molecule has 0 spiro atoms. The maximum Gasteiger partial charge on any atom is 0.113 e. The van der Waals surface area contributed by atoms with Crippen LogP contribution in [0.3, 0.4) is 0 Å². The van der Waals surface area contributed by atoms with Gasteiger partial charge in [0.2, 0.25) is 0 Å². The lowest BCUT2D eigenvalue weighted by Crippen LogP contribution is -2.14. The lowest BCUT2D eigenvalue weighted by molar-refractivity contribution is 0.660. The van der Waals surface area contributed by atoms with E-state index >= 15 is 0 Å². The molecule has 0 saturated carbocycles. The van der Waals surface area contributed by atoms with Crippen LogP contribution in [0.15, 0.2) is 164 Å². The van der Waals surface area contributed by atoms with E-state index < -0.39 is 0 Å². The average molecular weight is 664 g/mol. The van der Waals surface area contributed by atoms with Gasteiger partial charge in [-0.3, -0.25) is 9.97 Å². The maximum atomic E-state index is 5.06. The van der Waals surface area contributed by atoms with E-state index in [1.54, 1.807) is 0 Å². The van der Waals surface area contributed by atoms with Gasteiger partial charge in [-0.25, -0.2) is 0 Å². The largest absolute Gasteiger partial charge is 0.307 e. The molecule has 11 rings (SSSR count). The molecule has 0 amide bonds. The molecule has 0 radical (unpaired) electrons. The van der Waals surface area contributed by atoms with Crippen LogP contribution in [0.1, 0.15) is 25.0 Å². The average Bonchev–Trinajstić information content (AvgIpc) is 3.63. The van der Waals surface area contributed by atoms with Crippen molar-refractivity contribution < 1.29 is 0 Å². The van der Waals surface area contributed by atoms with Crippen LogP contribution in [0, 0.1) is 0 Å². The van der Waals surface area contributed by atoms with Crippen LogP contribution in [0.5, 0.6) is 0 Å². The van der Waals surface area contributed by atoms with Crippen molar-refractivity contribution in [3.63, 3.8) is 0 Å². The van der Waals surface area contributed by atoms with E-state index in [2.05, 4.69) is 170 Å². The Labute approximate surface area is 301 Å². The minimum Gasteiger partial charge on any atom is -0.307 e. The van der Waals surface area contributed by atoms with Crippen molar-refractivity contribution in [3.8, 4) is 39.1 Å². The van der Waals surface area contributed by atoms with Gasteiger partial charge >= 0.3 is 0 Å². The Hall–Kier alpha value is -6.58. The fourth-order valence-electron chi connectivity index (χ4n) is 8.95. The number of hydrogen-bond acceptors (Lipinski definition) is 2. The SMILES string of the molecule is CC1(C)c2ccccc2-c2cc(-c3ccc(-n4c5cc6ccccc6cc5c5c(-c6ccc7ccccc7c6)cccc54)c4nccnc34)ccc21. The van der Waals surface area contributed by atoms with Crippen molar-refractivity contribution in [2.75, 3.05) is 0 Å². The molecule has 52 heavy (non-hydrogen) atoms. The van der Waals surface area contributed by atoms with Crippen LogP contribution in [0.4, 0.5) is 0 Å². The third-order valence-electron chi connectivity index (χ3n) is 11.5. The van der Waals surface area contributed by atoms with Crippen LogP contribution in [-0.4, -0.2) is 14.5 Å². The van der Waals surface area contributed by atoms with Crippen molar-refractivity contribution in [2.24, 2.45) is 0 Å². The fourth-order valence-corrected chi connectivity index (χ4v) is 8.95. The van der Waals surface area contributed by atoms with Gasteiger partial charge < -0.3 is 4.57 Å². The Morgan fingerprint density at radius 3 is 1.94 bits per heavy atom. The van der Waals surface area contributed by atoms with Gasteiger partial charge in [-0.05, 0) is 103 Å². The van der Waals surface area contributed by atoms with Crippen LogP contribution >= 0.6 is 0 Å². The molecule has 1 aliphatic carbocycles. The van der Waals surface area contributed by atoms with E-state index in [9.17, 15) is 0 Å². The van der Waals surface area contributed by atoms with Crippen LogP contribution in [-0.2, 0) is 5.41 Å². The number of benzene rings is 8. The van der Waals surface area contributed by atoms with E-state index in [1.165, 1.54) is 65.7 Å². The molecule has 0 fully saturated rings. The Morgan fingerprint density at radius 1 is 0.442 bits per heavy atom. The standard InChI is InChI=1S/C49H33N3/c1-49(2)41-16-8-7-14-38(41)39-28-35(20-22-42(39)49)37-21-23-44(48-47(37)50-24-25-51-48)52-43-17-9-15-36(34-19-18-30-10-3-4-11-31(30)26-34)46(43)40-27-32-12-5-6-13-33(32)29-45(40)52/h3-29H,1-2H3. The minimum absolute atomic E-state index is 0.0391. The zero-order valence-electron chi connectivity index (χ0n) is 28.9. The number of hydrogen-bond donors (Lipinski definition) is 0. The lowest BCUT2D eigenvalue weighted by Gasteiger charge is -2.21. The van der Waals surface area contributed by atoms with E-state index in [-0.39, 0.29) is 5.41 Å². The normalized spacial score (nSPS) is 13.3. The second-order valence-electron chi connectivity index (χ2n) is 14.6. The maximum absolute atomic E-state index is 5.06. The van der Waals surface area contributed by atoms with Gasteiger partial charge in [0.05, 0.1) is 22.2 Å². The van der Waals surface area contributed by atoms with Crippen LogP contribution in [0.25, 0.3) is 93.5 Å². The molecule has 0 bridgehead atoms. The van der Waals surface area contributed by atoms with Crippen molar-refractivity contribution >= 4 is 54.4 Å².